The molecular formula is C18H24O7. The third kappa shape index (κ3) is 4.02. The third-order valence-electron chi connectivity index (χ3n) is 3.92. The monoisotopic (exact) mass is 352 g/mol. The first-order valence-corrected chi connectivity index (χ1v) is 8.20. The first kappa shape index (κ1) is 19.4. The number of phenolic OH excluding ortho intramolecular Hbond substituents is 1. The molecule has 5 atom stereocenters. The molecule has 0 bridgehead atoms. The van der Waals surface area contributed by atoms with Gasteiger partial charge in [-0.1, -0.05) is 38.1 Å². The Balaban J connectivity index is 0.00000109. The van der Waals surface area contributed by atoms with Gasteiger partial charge in [-0.3, -0.25) is 0 Å². The molecule has 5 N–H and O–H groups in total. The molecule has 1 aliphatic rings. The van der Waals surface area contributed by atoms with Gasteiger partial charge in [0.25, 0.3) is 0 Å². The lowest BCUT2D eigenvalue weighted by molar-refractivity contribution is -0.277. The van der Waals surface area contributed by atoms with E-state index in [-0.39, 0.29) is 11.5 Å². The van der Waals surface area contributed by atoms with Gasteiger partial charge in [0.15, 0.2) is 11.5 Å². The van der Waals surface area contributed by atoms with Crippen molar-refractivity contribution in [1.82, 2.24) is 0 Å². The largest absolute Gasteiger partial charge is 0.504 e. The van der Waals surface area contributed by atoms with Gasteiger partial charge in [0.1, 0.15) is 24.4 Å². The van der Waals surface area contributed by atoms with Crippen molar-refractivity contribution in [3.63, 3.8) is 0 Å². The van der Waals surface area contributed by atoms with Gasteiger partial charge in [-0.25, -0.2) is 0 Å². The van der Waals surface area contributed by atoms with E-state index in [9.17, 15) is 20.4 Å². The molecule has 1 aliphatic heterocycles. The summed E-state index contributed by atoms with van der Waals surface area (Å²) in [5.41, 5.74) is 0. The Hall–Kier alpha value is -1.90. The van der Waals surface area contributed by atoms with Crippen molar-refractivity contribution >= 4 is 10.8 Å². The van der Waals surface area contributed by atoms with Crippen LogP contribution in [-0.4, -0.2) is 62.8 Å². The number of phenols is 1. The van der Waals surface area contributed by atoms with Crippen LogP contribution in [0.4, 0.5) is 0 Å². The van der Waals surface area contributed by atoms with Crippen molar-refractivity contribution in [2.75, 3.05) is 6.61 Å². The highest BCUT2D eigenvalue weighted by Crippen LogP contribution is 2.34. The number of rotatable bonds is 3. The Morgan fingerprint density at radius 2 is 1.56 bits per heavy atom. The molecule has 1 fully saturated rings. The predicted octanol–water partition coefficient (Wildman–Crippen LogP) is 0.750. The molecule has 25 heavy (non-hydrogen) atoms. The molecule has 0 radical (unpaired) electrons. The van der Waals surface area contributed by atoms with Gasteiger partial charge < -0.3 is 35.0 Å². The van der Waals surface area contributed by atoms with Gasteiger partial charge in [0.2, 0.25) is 6.29 Å². The van der Waals surface area contributed by atoms with Crippen molar-refractivity contribution < 1.29 is 35.0 Å². The third-order valence-corrected chi connectivity index (χ3v) is 3.92. The van der Waals surface area contributed by atoms with Crippen molar-refractivity contribution in [3.05, 3.63) is 36.4 Å². The van der Waals surface area contributed by atoms with Crippen molar-refractivity contribution in [3.8, 4) is 11.5 Å². The molecule has 1 saturated heterocycles. The normalized spacial score (nSPS) is 29.0. The fourth-order valence-corrected chi connectivity index (χ4v) is 2.59. The van der Waals surface area contributed by atoms with E-state index in [0.29, 0.717) is 0 Å². The zero-order valence-electron chi connectivity index (χ0n) is 14.1. The summed E-state index contributed by atoms with van der Waals surface area (Å²) >= 11 is 0. The smallest absolute Gasteiger partial charge is 0.229 e. The maximum Gasteiger partial charge on any atom is 0.229 e. The van der Waals surface area contributed by atoms with E-state index in [1.165, 1.54) is 6.07 Å². The minimum atomic E-state index is -1.53. The lowest BCUT2D eigenvalue weighted by atomic mass is 9.99. The number of hydrogen-bond acceptors (Lipinski definition) is 7. The van der Waals surface area contributed by atoms with Crippen LogP contribution in [0.5, 0.6) is 11.5 Å². The summed E-state index contributed by atoms with van der Waals surface area (Å²) in [6, 6.07) is 10.4. The van der Waals surface area contributed by atoms with Crippen molar-refractivity contribution in [1.29, 1.82) is 0 Å². The standard InChI is InChI=1S/C16H18O7.C2H6/c17-7-12-13(19)14(20)15(21)16(23-12)22-11-6-9-4-2-1-3-8(9)5-10(11)18;1-2/h1-6,12-21H,7H2;1-2H3. The number of ether oxygens (including phenoxy) is 2. The number of aromatic hydroxyl groups is 1. The summed E-state index contributed by atoms with van der Waals surface area (Å²) in [6.07, 6.45) is -6.93. The average molecular weight is 352 g/mol. The summed E-state index contributed by atoms with van der Waals surface area (Å²) in [5.74, 6) is -0.0892. The maximum absolute atomic E-state index is 10.0. The Morgan fingerprint density at radius 1 is 0.960 bits per heavy atom. The number of aliphatic hydroxyl groups excluding tert-OH is 4. The first-order chi connectivity index (χ1) is 12.0. The van der Waals surface area contributed by atoms with E-state index in [4.69, 9.17) is 14.6 Å². The van der Waals surface area contributed by atoms with Crippen LogP contribution in [0.2, 0.25) is 0 Å². The highest BCUT2D eigenvalue weighted by molar-refractivity contribution is 5.85. The molecule has 2 aromatic rings. The summed E-state index contributed by atoms with van der Waals surface area (Å²) in [7, 11) is 0. The molecular weight excluding hydrogens is 328 g/mol. The SMILES string of the molecule is CC.OCC1OC(Oc2cc3ccccc3cc2O)C(O)C(O)C1O. The van der Waals surface area contributed by atoms with E-state index < -0.39 is 37.3 Å². The van der Waals surface area contributed by atoms with Gasteiger partial charge >= 0.3 is 0 Å². The topological polar surface area (TPSA) is 120 Å². The van der Waals surface area contributed by atoms with Crippen LogP contribution in [0.1, 0.15) is 13.8 Å². The number of aliphatic hydroxyl groups is 4. The molecule has 3 rings (SSSR count). The van der Waals surface area contributed by atoms with Gasteiger partial charge in [-0.15, -0.1) is 0 Å². The molecule has 0 spiro atoms. The summed E-state index contributed by atoms with van der Waals surface area (Å²) < 4.78 is 10.7. The van der Waals surface area contributed by atoms with E-state index in [2.05, 4.69) is 0 Å². The van der Waals surface area contributed by atoms with Crippen LogP contribution in [0.25, 0.3) is 10.8 Å². The van der Waals surface area contributed by atoms with E-state index in [0.717, 1.165) is 10.8 Å². The predicted molar refractivity (Wildman–Crippen MR) is 91.4 cm³/mol. The summed E-state index contributed by atoms with van der Waals surface area (Å²) in [6.45, 7) is 3.45. The lowest BCUT2D eigenvalue weighted by Gasteiger charge is -2.39. The number of benzene rings is 2. The summed E-state index contributed by atoms with van der Waals surface area (Å²) in [4.78, 5) is 0. The van der Waals surface area contributed by atoms with E-state index >= 15 is 0 Å². The number of fused-ring (bicyclic) bond motifs is 1. The average Bonchev–Trinajstić information content (AvgIpc) is 2.64. The fraction of sp³-hybridized carbons (Fsp3) is 0.444. The van der Waals surface area contributed by atoms with Gasteiger partial charge in [0, 0.05) is 0 Å². The van der Waals surface area contributed by atoms with E-state index in [1.807, 2.05) is 38.1 Å². The zero-order valence-corrected chi connectivity index (χ0v) is 14.1. The molecule has 7 nitrogen and oxygen atoms in total. The molecule has 1 heterocycles. The first-order valence-electron chi connectivity index (χ1n) is 8.20. The van der Waals surface area contributed by atoms with Crippen LogP contribution in [-0.2, 0) is 4.74 Å². The maximum atomic E-state index is 10.0. The second kappa shape index (κ2) is 8.46. The van der Waals surface area contributed by atoms with Crippen LogP contribution >= 0.6 is 0 Å². The molecule has 0 saturated carbocycles. The Bertz CT molecular complexity index is 688. The minimum absolute atomic E-state index is 0.0630. The molecule has 138 valence electrons. The Labute approximate surface area is 145 Å². The molecule has 5 unspecified atom stereocenters. The van der Waals surface area contributed by atoms with Crippen molar-refractivity contribution in [2.24, 2.45) is 0 Å². The van der Waals surface area contributed by atoms with Gasteiger partial charge in [-0.05, 0) is 22.9 Å². The second-order valence-corrected chi connectivity index (χ2v) is 5.48. The fourth-order valence-electron chi connectivity index (χ4n) is 2.59. The summed E-state index contributed by atoms with van der Waals surface area (Å²) in [5, 5.41) is 50.3. The Kier molecular flexibility index (Phi) is 6.57. The molecule has 0 amide bonds. The highest BCUT2D eigenvalue weighted by atomic mass is 16.7. The van der Waals surface area contributed by atoms with Crippen LogP contribution in [0.15, 0.2) is 36.4 Å². The van der Waals surface area contributed by atoms with Gasteiger partial charge in [-0.2, -0.15) is 0 Å². The quantitative estimate of drug-likeness (QED) is 0.553. The molecule has 7 heteroatoms. The lowest BCUT2D eigenvalue weighted by Crippen LogP contribution is -2.60. The van der Waals surface area contributed by atoms with Gasteiger partial charge in [0.05, 0.1) is 6.61 Å². The highest BCUT2D eigenvalue weighted by Gasteiger charge is 2.44. The molecule has 0 aromatic heterocycles. The Morgan fingerprint density at radius 3 is 2.16 bits per heavy atom. The van der Waals surface area contributed by atoms with Crippen molar-refractivity contribution in [2.45, 2.75) is 44.6 Å². The van der Waals surface area contributed by atoms with E-state index in [1.54, 1.807) is 6.07 Å². The molecule has 2 aromatic carbocycles. The minimum Gasteiger partial charge on any atom is -0.504 e. The zero-order chi connectivity index (χ0) is 18.6. The second-order valence-electron chi connectivity index (χ2n) is 5.48. The number of hydrogen-bond donors (Lipinski definition) is 5. The van der Waals surface area contributed by atoms with Crippen LogP contribution in [0, 0.1) is 0 Å². The van der Waals surface area contributed by atoms with Crippen LogP contribution in [0.3, 0.4) is 0 Å². The van der Waals surface area contributed by atoms with Crippen LogP contribution < -0.4 is 4.74 Å². The molecule has 0 aliphatic carbocycles.